The Hall–Kier alpha value is -4.80. The minimum absolute atomic E-state index is 0.0966. The second-order valence-electron chi connectivity index (χ2n) is 13.0. The molecule has 3 N–H and O–H groups in total. The van der Waals surface area contributed by atoms with Crippen molar-refractivity contribution in [1.82, 2.24) is 15.1 Å². The van der Waals surface area contributed by atoms with Crippen molar-refractivity contribution in [2.45, 2.75) is 96.2 Å². The van der Waals surface area contributed by atoms with Crippen LogP contribution in [0, 0.1) is 0 Å². The van der Waals surface area contributed by atoms with Gasteiger partial charge in [-0.2, -0.15) is 4.98 Å². The number of hydrogen-bond donors (Lipinski definition) is 3. The molecule has 2 saturated heterocycles. The molecule has 3 heterocycles. The van der Waals surface area contributed by atoms with Crippen molar-refractivity contribution in [3.8, 4) is 5.75 Å². The van der Waals surface area contributed by atoms with E-state index in [-0.39, 0.29) is 68.8 Å². The number of hydrogen-bond acceptors (Lipinski definition) is 15. The number of benzene rings is 2. The van der Waals surface area contributed by atoms with Crippen LogP contribution in [0.1, 0.15) is 50.8 Å². The molecule has 2 aromatic carbocycles. The van der Waals surface area contributed by atoms with Gasteiger partial charge in [-0.15, -0.1) is 0 Å². The highest BCUT2D eigenvalue weighted by molar-refractivity contribution is 7.37. The highest BCUT2D eigenvalue weighted by atomic mass is 31.1. The fourth-order valence-corrected chi connectivity index (χ4v) is 6.59. The highest BCUT2D eigenvalue weighted by Crippen LogP contribution is 2.35. The Bertz CT molecular complexity index is 1810. The molecule has 2 aliphatic heterocycles. The number of aromatic amines is 1. The van der Waals surface area contributed by atoms with Crippen LogP contribution in [0.3, 0.4) is 0 Å². The van der Waals surface area contributed by atoms with E-state index in [2.05, 4.69) is 20.5 Å². The molecule has 0 saturated carbocycles. The van der Waals surface area contributed by atoms with Crippen molar-refractivity contribution in [2.75, 3.05) is 18.7 Å². The van der Waals surface area contributed by atoms with Gasteiger partial charge in [0, 0.05) is 24.6 Å². The number of anilines is 1. The van der Waals surface area contributed by atoms with Crippen LogP contribution in [0.2, 0.25) is 0 Å². The quantitative estimate of drug-likeness (QED) is 0.0645. The van der Waals surface area contributed by atoms with Crippen LogP contribution in [0.25, 0.3) is 0 Å². The Balaban J connectivity index is 1.19. The summed E-state index contributed by atoms with van der Waals surface area (Å²) in [6.45, 7) is 6.72. The van der Waals surface area contributed by atoms with Gasteiger partial charge in [-0.1, -0.05) is 48.5 Å². The Labute approximate surface area is 312 Å². The zero-order valence-electron chi connectivity index (χ0n) is 30.3. The van der Waals surface area contributed by atoms with Crippen LogP contribution in [0.4, 0.5) is 10.6 Å². The van der Waals surface area contributed by atoms with Gasteiger partial charge in [-0.05, 0) is 51.3 Å². The van der Waals surface area contributed by atoms with E-state index >= 15 is 0 Å². The molecule has 5 rings (SSSR count). The third-order valence-electron chi connectivity index (χ3n) is 8.13. The van der Waals surface area contributed by atoms with Gasteiger partial charge in [0.2, 0.25) is 0 Å². The molecule has 0 spiro atoms. The van der Waals surface area contributed by atoms with Crippen LogP contribution in [-0.2, 0) is 66.9 Å². The topological polar surface area (TPSA) is 212 Å². The van der Waals surface area contributed by atoms with Gasteiger partial charge >= 0.3 is 32.0 Å². The molecular weight excluding hydrogens is 727 g/mol. The fourth-order valence-electron chi connectivity index (χ4n) is 5.64. The minimum Gasteiger partial charge on any atom is -0.463 e. The van der Waals surface area contributed by atoms with E-state index in [1.54, 1.807) is 52.0 Å². The molecule has 0 aliphatic carbocycles. The lowest BCUT2D eigenvalue weighted by molar-refractivity contribution is -0.153. The first-order chi connectivity index (χ1) is 25.9. The third-order valence-corrected chi connectivity index (χ3v) is 9.12. The number of ether oxygens (including phenoxy) is 6. The van der Waals surface area contributed by atoms with E-state index in [0.29, 0.717) is 11.1 Å². The van der Waals surface area contributed by atoms with Gasteiger partial charge in [-0.3, -0.25) is 19.0 Å². The van der Waals surface area contributed by atoms with Crippen LogP contribution < -0.4 is 20.8 Å². The van der Waals surface area contributed by atoms with Crippen LogP contribution in [0.5, 0.6) is 5.75 Å². The molecular formula is C36H45N4O13P. The molecule has 3 aromatic rings. The van der Waals surface area contributed by atoms with Crippen LogP contribution in [0.15, 0.2) is 65.6 Å². The lowest BCUT2D eigenvalue weighted by Gasteiger charge is -2.21. The molecule has 1 aromatic heterocycles. The number of rotatable bonds is 20. The van der Waals surface area contributed by atoms with E-state index in [1.165, 1.54) is 6.20 Å². The molecule has 0 bridgehead atoms. The SMILES string of the molecule is CC(C)OC[C@H](N[PH](=O)Oc1ccccc1CCC(=O)OC(C)C)C(=O)OC[C@H]1O[C@H](Cc2c[nH]c(=O)nc2NOCc2ccccc2)[C@H]2OC(=O)O[C@@H]21. The third kappa shape index (κ3) is 11.9. The predicted molar refractivity (Wildman–Crippen MR) is 192 cm³/mol. The number of nitrogens with one attached hydrogen (secondary N) is 3. The summed E-state index contributed by atoms with van der Waals surface area (Å²) in [6, 6.07) is 15.0. The maximum atomic E-state index is 13.4. The maximum absolute atomic E-state index is 13.4. The molecule has 0 amide bonds. The average Bonchev–Trinajstić information content (AvgIpc) is 3.67. The Morgan fingerprint density at radius 3 is 2.41 bits per heavy atom. The average molecular weight is 773 g/mol. The first-order valence-electron chi connectivity index (χ1n) is 17.5. The van der Waals surface area contributed by atoms with Crippen molar-refractivity contribution in [2.24, 2.45) is 0 Å². The summed E-state index contributed by atoms with van der Waals surface area (Å²) in [4.78, 5) is 61.8. The number of H-pyrrole nitrogens is 1. The van der Waals surface area contributed by atoms with Crippen LogP contribution >= 0.6 is 8.18 Å². The number of aromatic nitrogens is 2. The zero-order chi connectivity index (χ0) is 38.6. The van der Waals surface area contributed by atoms with Gasteiger partial charge in [0.25, 0.3) is 0 Å². The van der Waals surface area contributed by atoms with Crippen molar-refractivity contribution < 1.29 is 56.7 Å². The summed E-state index contributed by atoms with van der Waals surface area (Å²) in [5.74, 6) is -0.770. The Kier molecular flexibility index (Phi) is 14.6. The van der Waals surface area contributed by atoms with E-state index in [1.807, 2.05) is 30.3 Å². The lowest BCUT2D eigenvalue weighted by Crippen LogP contribution is -2.41. The normalized spacial score (nSPS) is 20.1. The summed E-state index contributed by atoms with van der Waals surface area (Å²) in [5.41, 5.74) is 4.11. The summed E-state index contributed by atoms with van der Waals surface area (Å²) < 4.78 is 52.3. The van der Waals surface area contributed by atoms with Crippen molar-refractivity contribution in [3.63, 3.8) is 0 Å². The molecule has 6 atom stereocenters. The molecule has 54 heavy (non-hydrogen) atoms. The number of esters is 2. The van der Waals surface area contributed by atoms with Gasteiger partial charge in [0.15, 0.2) is 18.0 Å². The number of aryl methyl sites for hydroxylation is 1. The van der Waals surface area contributed by atoms with Crippen molar-refractivity contribution in [1.29, 1.82) is 0 Å². The number of carbonyl (C=O) groups is 3. The summed E-state index contributed by atoms with van der Waals surface area (Å²) in [5, 5.41) is 2.67. The van der Waals surface area contributed by atoms with E-state index < -0.39 is 56.5 Å². The molecule has 1 unspecified atom stereocenters. The van der Waals surface area contributed by atoms with Crippen molar-refractivity contribution >= 4 is 32.1 Å². The second kappa shape index (κ2) is 19.5. The van der Waals surface area contributed by atoms with Gasteiger partial charge in [0.05, 0.1) is 25.4 Å². The standard InChI is InChI=1S/C36H45N4O13P/c1-21(2)46-19-26(40-54(45)53-27-13-9-8-12-24(27)14-15-30(41)49-22(3)4)34(42)47-20-29-32-31(51-36(44)52-32)28(50-29)16-25-17-37-35(43)38-33(25)39-48-18-23-10-6-5-7-11-23/h5-13,17,21-22,26,28-29,31-32,54H,14-16,18-20H2,1-4H3,(H,40,45)(H2,37,38,39,43)/t26-,28+,29+,31+,32+/m0/s1. The molecule has 292 valence electrons. The predicted octanol–water partition coefficient (Wildman–Crippen LogP) is 3.81. The molecule has 0 radical (unpaired) electrons. The first-order valence-corrected chi connectivity index (χ1v) is 18.8. The smallest absolute Gasteiger partial charge is 0.463 e. The molecule has 2 aliphatic rings. The van der Waals surface area contributed by atoms with E-state index in [4.69, 9.17) is 37.8 Å². The van der Waals surface area contributed by atoms with E-state index in [0.717, 1.165) is 5.56 Å². The first kappa shape index (κ1) is 40.4. The highest BCUT2D eigenvalue weighted by Gasteiger charge is 2.54. The molecule has 2 fully saturated rings. The Morgan fingerprint density at radius 1 is 0.944 bits per heavy atom. The van der Waals surface area contributed by atoms with Crippen LogP contribution in [-0.4, -0.2) is 83.9 Å². The van der Waals surface area contributed by atoms with Gasteiger partial charge < -0.3 is 37.9 Å². The largest absolute Gasteiger partial charge is 0.509 e. The maximum Gasteiger partial charge on any atom is 0.509 e. The zero-order valence-corrected chi connectivity index (χ0v) is 31.3. The molecule has 17 nitrogen and oxygen atoms in total. The minimum atomic E-state index is -3.11. The van der Waals surface area contributed by atoms with Crippen molar-refractivity contribution in [3.05, 3.63) is 88.0 Å². The summed E-state index contributed by atoms with van der Waals surface area (Å²) >= 11 is 0. The summed E-state index contributed by atoms with van der Waals surface area (Å²) in [6.07, 6.45) is -2.96. The number of nitrogens with zero attached hydrogens (tertiary/aromatic N) is 1. The van der Waals surface area contributed by atoms with Gasteiger partial charge in [-0.25, -0.2) is 20.2 Å². The number of para-hydroxylation sites is 1. The Morgan fingerprint density at radius 2 is 1.67 bits per heavy atom. The second-order valence-corrected chi connectivity index (χ2v) is 14.1. The fraction of sp³-hybridized carbons (Fsp3) is 0.472. The van der Waals surface area contributed by atoms with Gasteiger partial charge in [0.1, 0.15) is 30.6 Å². The van der Waals surface area contributed by atoms with E-state index in [9.17, 15) is 23.7 Å². The monoisotopic (exact) mass is 772 g/mol. The summed E-state index contributed by atoms with van der Waals surface area (Å²) in [7, 11) is -3.11. The number of carbonyl (C=O) groups excluding carboxylic acids is 3. The lowest BCUT2D eigenvalue weighted by atomic mass is 10.0. The number of fused-ring (bicyclic) bond motifs is 1. The molecule has 18 heteroatoms.